The van der Waals surface area contributed by atoms with Crippen molar-refractivity contribution in [3.63, 3.8) is 0 Å². The molecule has 4 heterocycles. The van der Waals surface area contributed by atoms with Crippen molar-refractivity contribution >= 4 is 5.91 Å². The van der Waals surface area contributed by atoms with Gasteiger partial charge in [0.1, 0.15) is 11.5 Å². The first kappa shape index (κ1) is 13.4. The Balaban J connectivity index is 1.48. The Morgan fingerprint density at radius 3 is 3.05 bits per heavy atom. The van der Waals surface area contributed by atoms with Crippen LogP contribution in [-0.4, -0.2) is 34.0 Å². The van der Waals surface area contributed by atoms with Crippen LogP contribution in [0.2, 0.25) is 0 Å². The third-order valence-corrected chi connectivity index (χ3v) is 4.29. The van der Waals surface area contributed by atoms with Gasteiger partial charge in [-0.3, -0.25) is 9.78 Å². The summed E-state index contributed by atoms with van der Waals surface area (Å²) in [5.41, 5.74) is 0.313. The summed E-state index contributed by atoms with van der Waals surface area (Å²) in [5, 5.41) is 6.41. The van der Waals surface area contributed by atoms with Crippen LogP contribution in [-0.2, 0) is 0 Å². The van der Waals surface area contributed by atoms with E-state index in [0.717, 1.165) is 12.8 Å². The maximum Gasteiger partial charge on any atom is 0.307 e. The quantitative estimate of drug-likeness (QED) is 0.898. The van der Waals surface area contributed by atoms with Crippen molar-refractivity contribution in [1.82, 2.24) is 20.6 Å². The first-order chi connectivity index (χ1) is 10.7. The van der Waals surface area contributed by atoms with Crippen molar-refractivity contribution in [2.24, 2.45) is 0 Å². The molecule has 0 saturated carbocycles. The standard InChI is InChI=1S/C15H15FN4O2/c16-8-3-4-17-12(5-8)13-7-18-15(22-13)14(21)20-11-6-9-1-2-10(11)19-9/h3-5,7,9-11,19H,1-2,6H2,(H,20,21). The van der Waals surface area contributed by atoms with Gasteiger partial charge in [-0.25, -0.2) is 9.37 Å². The highest BCUT2D eigenvalue weighted by Crippen LogP contribution is 2.28. The van der Waals surface area contributed by atoms with E-state index in [2.05, 4.69) is 20.6 Å². The lowest BCUT2D eigenvalue weighted by Gasteiger charge is -2.20. The van der Waals surface area contributed by atoms with Gasteiger partial charge in [-0.05, 0) is 25.3 Å². The maximum absolute atomic E-state index is 13.2. The van der Waals surface area contributed by atoms with Crippen LogP contribution in [0, 0.1) is 5.82 Å². The summed E-state index contributed by atoms with van der Waals surface area (Å²) in [7, 11) is 0. The van der Waals surface area contributed by atoms with Gasteiger partial charge in [0.05, 0.1) is 6.20 Å². The van der Waals surface area contributed by atoms with Crippen molar-refractivity contribution in [1.29, 1.82) is 0 Å². The Bertz CT molecular complexity index is 717. The second-order valence-corrected chi connectivity index (χ2v) is 5.75. The molecular formula is C15H15FN4O2. The molecule has 0 aliphatic carbocycles. The summed E-state index contributed by atoms with van der Waals surface area (Å²) < 4.78 is 18.6. The lowest BCUT2D eigenvalue weighted by atomic mass is 9.95. The highest BCUT2D eigenvalue weighted by Gasteiger charge is 2.40. The minimum absolute atomic E-state index is 0.0242. The van der Waals surface area contributed by atoms with Crippen molar-refractivity contribution in [2.75, 3.05) is 0 Å². The van der Waals surface area contributed by atoms with E-state index in [1.807, 2.05) is 0 Å². The molecular weight excluding hydrogens is 287 g/mol. The third-order valence-electron chi connectivity index (χ3n) is 4.29. The van der Waals surface area contributed by atoms with Crippen LogP contribution in [0.25, 0.3) is 11.5 Å². The molecule has 6 nitrogen and oxygen atoms in total. The summed E-state index contributed by atoms with van der Waals surface area (Å²) in [6, 6.07) is 3.45. The number of rotatable bonds is 3. The van der Waals surface area contributed by atoms with Crippen LogP contribution in [0.15, 0.2) is 28.9 Å². The van der Waals surface area contributed by atoms with Gasteiger partial charge in [0, 0.05) is 30.4 Å². The molecule has 2 N–H and O–H groups in total. The van der Waals surface area contributed by atoms with Gasteiger partial charge in [0.25, 0.3) is 5.89 Å². The average Bonchev–Trinajstić information content (AvgIpc) is 3.23. The second-order valence-electron chi connectivity index (χ2n) is 5.75. The summed E-state index contributed by atoms with van der Waals surface area (Å²) >= 11 is 0. The van der Waals surface area contributed by atoms with Crippen LogP contribution < -0.4 is 10.6 Å². The largest absolute Gasteiger partial charge is 0.431 e. The minimum atomic E-state index is -0.416. The predicted molar refractivity (Wildman–Crippen MR) is 75.5 cm³/mol. The molecule has 2 bridgehead atoms. The predicted octanol–water partition coefficient (Wildman–Crippen LogP) is 1.50. The molecule has 1 amide bonds. The second kappa shape index (κ2) is 5.17. The van der Waals surface area contributed by atoms with Gasteiger partial charge in [0.15, 0.2) is 5.76 Å². The van der Waals surface area contributed by atoms with E-state index >= 15 is 0 Å². The number of hydrogen-bond donors (Lipinski definition) is 2. The normalized spacial score (nSPS) is 26.3. The first-order valence-corrected chi connectivity index (χ1v) is 7.34. The lowest BCUT2D eigenvalue weighted by Crippen LogP contribution is -2.43. The number of oxazole rings is 1. The number of fused-ring (bicyclic) bond motifs is 2. The summed E-state index contributed by atoms with van der Waals surface area (Å²) in [5.74, 6) is -0.512. The van der Waals surface area contributed by atoms with E-state index in [-0.39, 0.29) is 23.6 Å². The first-order valence-electron chi connectivity index (χ1n) is 7.34. The van der Waals surface area contributed by atoms with Gasteiger partial charge >= 0.3 is 5.91 Å². The molecule has 4 rings (SSSR count). The van der Waals surface area contributed by atoms with Crippen molar-refractivity contribution < 1.29 is 13.6 Å². The van der Waals surface area contributed by atoms with Gasteiger partial charge in [0.2, 0.25) is 0 Å². The lowest BCUT2D eigenvalue weighted by molar-refractivity contribution is 0.0896. The Kier molecular flexibility index (Phi) is 3.15. The highest BCUT2D eigenvalue weighted by molar-refractivity contribution is 5.90. The van der Waals surface area contributed by atoms with Crippen molar-refractivity contribution in [3.8, 4) is 11.5 Å². The van der Waals surface area contributed by atoms with Crippen molar-refractivity contribution in [2.45, 2.75) is 37.4 Å². The topological polar surface area (TPSA) is 80.0 Å². The Morgan fingerprint density at radius 2 is 2.32 bits per heavy atom. The van der Waals surface area contributed by atoms with Crippen LogP contribution >= 0.6 is 0 Å². The van der Waals surface area contributed by atoms with E-state index in [4.69, 9.17) is 4.42 Å². The number of pyridine rings is 1. The van der Waals surface area contributed by atoms with Crippen LogP contribution in [0.1, 0.15) is 29.9 Å². The van der Waals surface area contributed by atoms with Crippen LogP contribution in [0.3, 0.4) is 0 Å². The Hall–Kier alpha value is -2.28. The van der Waals surface area contributed by atoms with E-state index in [1.165, 1.54) is 30.9 Å². The molecule has 2 fully saturated rings. The number of carbonyl (C=O) groups excluding carboxylic acids is 1. The van der Waals surface area contributed by atoms with Gasteiger partial charge in [-0.1, -0.05) is 0 Å². The van der Waals surface area contributed by atoms with Gasteiger partial charge in [-0.15, -0.1) is 0 Å². The summed E-state index contributed by atoms with van der Waals surface area (Å²) in [6.07, 6.45) is 5.92. The summed E-state index contributed by atoms with van der Waals surface area (Å²) in [4.78, 5) is 20.2. The molecule has 0 radical (unpaired) electrons. The smallest absolute Gasteiger partial charge is 0.307 e. The molecule has 0 aromatic carbocycles. The molecule has 0 spiro atoms. The molecule has 3 unspecified atom stereocenters. The van der Waals surface area contributed by atoms with E-state index < -0.39 is 5.82 Å². The number of aromatic nitrogens is 2. The van der Waals surface area contributed by atoms with Gasteiger partial charge in [-0.2, -0.15) is 0 Å². The number of amides is 1. The number of nitrogens with zero attached hydrogens (tertiary/aromatic N) is 2. The molecule has 2 aliphatic rings. The Morgan fingerprint density at radius 1 is 1.41 bits per heavy atom. The number of halogens is 1. The SMILES string of the molecule is O=C(NC1CC2CCC1N2)c1ncc(-c2cc(F)ccn2)o1. The zero-order valence-electron chi connectivity index (χ0n) is 11.8. The molecule has 2 aliphatic heterocycles. The number of carbonyl (C=O) groups is 1. The van der Waals surface area contributed by atoms with E-state index in [0.29, 0.717) is 17.8 Å². The minimum Gasteiger partial charge on any atom is -0.431 e. The molecule has 114 valence electrons. The number of nitrogens with one attached hydrogen (secondary N) is 2. The number of hydrogen-bond acceptors (Lipinski definition) is 5. The maximum atomic E-state index is 13.2. The molecule has 2 aromatic rings. The molecule has 2 aromatic heterocycles. The molecule has 22 heavy (non-hydrogen) atoms. The Labute approximate surface area is 126 Å². The fourth-order valence-electron chi connectivity index (χ4n) is 3.25. The fourth-order valence-corrected chi connectivity index (χ4v) is 3.25. The monoisotopic (exact) mass is 302 g/mol. The van der Waals surface area contributed by atoms with E-state index in [1.54, 1.807) is 0 Å². The zero-order chi connectivity index (χ0) is 15.1. The van der Waals surface area contributed by atoms with Crippen LogP contribution in [0.4, 0.5) is 4.39 Å². The molecule has 2 saturated heterocycles. The van der Waals surface area contributed by atoms with E-state index in [9.17, 15) is 9.18 Å². The van der Waals surface area contributed by atoms with Crippen molar-refractivity contribution in [3.05, 3.63) is 36.2 Å². The van der Waals surface area contributed by atoms with Gasteiger partial charge < -0.3 is 15.1 Å². The fraction of sp³-hybridized carbons (Fsp3) is 0.400. The molecule has 3 atom stereocenters. The zero-order valence-corrected chi connectivity index (χ0v) is 11.8. The average molecular weight is 302 g/mol. The molecule has 7 heteroatoms. The highest BCUT2D eigenvalue weighted by atomic mass is 19.1. The summed E-state index contributed by atoms with van der Waals surface area (Å²) in [6.45, 7) is 0. The van der Waals surface area contributed by atoms with Crippen LogP contribution in [0.5, 0.6) is 0 Å². The third kappa shape index (κ3) is 2.37.